The van der Waals surface area contributed by atoms with E-state index >= 15 is 0 Å². The standard InChI is InChI=1S/C27H30N4O5/c1-33-24-15-19-7-11-31(12-10-29-27(32)30-20-5-8-28-9-6-20)22(21(19)16-25(24)34-2)13-18-3-4-23-26(14-18)36-17-35-23/h3-6,8-9,14-16,22H,7,10-13,17H2,1-2H3,(H2,28,29,30,32). The molecule has 0 fully saturated rings. The van der Waals surface area contributed by atoms with Crippen LogP contribution in [0.1, 0.15) is 22.7 Å². The van der Waals surface area contributed by atoms with Crippen LogP contribution in [0.5, 0.6) is 23.0 Å². The average Bonchev–Trinajstić information content (AvgIpc) is 3.37. The third-order valence-corrected chi connectivity index (χ3v) is 6.60. The van der Waals surface area contributed by atoms with Crippen LogP contribution < -0.4 is 29.6 Å². The lowest BCUT2D eigenvalue weighted by atomic mass is 9.88. The Bertz CT molecular complexity index is 1220. The summed E-state index contributed by atoms with van der Waals surface area (Å²) in [6.07, 6.45) is 4.95. The van der Waals surface area contributed by atoms with E-state index in [4.69, 9.17) is 18.9 Å². The van der Waals surface area contributed by atoms with Gasteiger partial charge in [-0.3, -0.25) is 9.88 Å². The molecule has 0 aliphatic carbocycles. The molecule has 0 saturated carbocycles. The zero-order valence-electron chi connectivity index (χ0n) is 20.5. The predicted molar refractivity (Wildman–Crippen MR) is 135 cm³/mol. The fourth-order valence-electron chi connectivity index (χ4n) is 4.80. The van der Waals surface area contributed by atoms with E-state index in [1.807, 2.05) is 6.07 Å². The first-order chi connectivity index (χ1) is 17.6. The maximum atomic E-state index is 12.4. The van der Waals surface area contributed by atoms with Gasteiger partial charge in [0.25, 0.3) is 0 Å². The fourth-order valence-corrected chi connectivity index (χ4v) is 4.80. The smallest absolute Gasteiger partial charge is 0.319 e. The number of amides is 2. The second kappa shape index (κ2) is 10.7. The molecule has 0 radical (unpaired) electrons. The number of methoxy groups -OCH3 is 2. The Kier molecular flexibility index (Phi) is 7.08. The Labute approximate surface area is 210 Å². The van der Waals surface area contributed by atoms with Gasteiger partial charge in [-0.1, -0.05) is 6.07 Å². The third-order valence-electron chi connectivity index (χ3n) is 6.60. The fraction of sp³-hybridized carbons (Fsp3) is 0.333. The maximum absolute atomic E-state index is 12.4. The molecule has 188 valence electrons. The van der Waals surface area contributed by atoms with Crippen LogP contribution in [0.15, 0.2) is 54.9 Å². The summed E-state index contributed by atoms with van der Waals surface area (Å²) in [5, 5.41) is 5.80. The van der Waals surface area contributed by atoms with Crippen molar-refractivity contribution in [3.8, 4) is 23.0 Å². The van der Waals surface area contributed by atoms with Crippen LogP contribution in [-0.4, -0.2) is 56.6 Å². The van der Waals surface area contributed by atoms with Gasteiger partial charge in [-0.2, -0.15) is 0 Å². The van der Waals surface area contributed by atoms with E-state index in [-0.39, 0.29) is 18.9 Å². The van der Waals surface area contributed by atoms with Gasteiger partial charge in [0, 0.05) is 43.8 Å². The molecular formula is C27H30N4O5. The van der Waals surface area contributed by atoms with Gasteiger partial charge in [-0.15, -0.1) is 0 Å². The lowest BCUT2D eigenvalue weighted by Crippen LogP contribution is -2.42. The van der Waals surface area contributed by atoms with Crippen LogP contribution in [0.25, 0.3) is 0 Å². The Balaban J connectivity index is 1.34. The van der Waals surface area contributed by atoms with Crippen LogP contribution in [0.3, 0.4) is 0 Å². The number of nitrogens with zero attached hydrogens (tertiary/aromatic N) is 2. The van der Waals surface area contributed by atoms with E-state index in [2.05, 4.69) is 44.8 Å². The predicted octanol–water partition coefficient (Wildman–Crippen LogP) is 3.79. The summed E-state index contributed by atoms with van der Waals surface area (Å²) < 4.78 is 22.2. The largest absolute Gasteiger partial charge is 0.493 e. The average molecular weight is 491 g/mol. The van der Waals surface area contributed by atoms with Crippen LogP contribution in [0, 0.1) is 0 Å². The van der Waals surface area contributed by atoms with Gasteiger partial charge in [0.15, 0.2) is 23.0 Å². The molecule has 2 aliphatic heterocycles. The number of urea groups is 1. The topological polar surface area (TPSA) is 94.2 Å². The number of pyridine rings is 1. The number of carbonyl (C=O) groups is 1. The zero-order valence-corrected chi connectivity index (χ0v) is 20.5. The van der Waals surface area contributed by atoms with Gasteiger partial charge in [-0.25, -0.2) is 4.79 Å². The Morgan fingerprint density at radius 3 is 2.64 bits per heavy atom. The lowest BCUT2D eigenvalue weighted by Gasteiger charge is -2.38. The Hall–Kier alpha value is -3.98. The minimum Gasteiger partial charge on any atom is -0.493 e. The van der Waals surface area contributed by atoms with Crippen LogP contribution in [-0.2, 0) is 12.8 Å². The molecule has 1 aromatic heterocycles. The molecule has 5 rings (SSSR count). The molecule has 0 saturated heterocycles. The monoisotopic (exact) mass is 490 g/mol. The second-order valence-corrected chi connectivity index (χ2v) is 8.72. The van der Waals surface area contributed by atoms with Crippen molar-refractivity contribution in [2.24, 2.45) is 0 Å². The molecule has 9 heteroatoms. The molecule has 2 amide bonds. The van der Waals surface area contributed by atoms with Gasteiger partial charge < -0.3 is 29.6 Å². The summed E-state index contributed by atoms with van der Waals surface area (Å²) in [5.74, 6) is 3.00. The van der Waals surface area contributed by atoms with E-state index in [1.54, 1.807) is 38.7 Å². The summed E-state index contributed by atoms with van der Waals surface area (Å²) in [7, 11) is 3.31. The van der Waals surface area contributed by atoms with Crippen molar-refractivity contribution in [1.29, 1.82) is 0 Å². The number of carbonyl (C=O) groups excluding carboxylic acids is 1. The number of hydrogen-bond donors (Lipinski definition) is 2. The van der Waals surface area contributed by atoms with Crippen molar-refractivity contribution >= 4 is 11.7 Å². The van der Waals surface area contributed by atoms with Gasteiger partial charge >= 0.3 is 6.03 Å². The van der Waals surface area contributed by atoms with Crippen molar-refractivity contribution in [2.75, 3.05) is 46.0 Å². The van der Waals surface area contributed by atoms with Crippen LogP contribution >= 0.6 is 0 Å². The van der Waals surface area contributed by atoms with Crippen LogP contribution in [0.4, 0.5) is 10.5 Å². The van der Waals surface area contributed by atoms with Gasteiger partial charge in [0.1, 0.15) is 0 Å². The number of benzene rings is 2. The maximum Gasteiger partial charge on any atom is 0.319 e. The zero-order chi connectivity index (χ0) is 24.9. The molecule has 2 aromatic carbocycles. The summed E-state index contributed by atoms with van der Waals surface area (Å²) in [4.78, 5) is 18.7. The van der Waals surface area contributed by atoms with Crippen molar-refractivity contribution in [2.45, 2.75) is 18.9 Å². The number of rotatable bonds is 8. The van der Waals surface area contributed by atoms with Crippen LogP contribution in [0.2, 0.25) is 0 Å². The van der Waals surface area contributed by atoms with E-state index < -0.39 is 0 Å². The van der Waals surface area contributed by atoms with E-state index in [9.17, 15) is 4.79 Å². The molecule has 2 N–H and O–H groups in total. The van der Waals surface area contributed by atoms with Gasteiger partial charge in [-0.05, 0) is 65.9 Å². The molecule has 2 aliphatic rings. The Morgan fingerprint density at radius 1 is 1.06 bits per heavy atom. The normalized spacial score (nSPS) is 16.2. The van der Waals surface area contributed by atoms with Crippen molar-refractivity contribution in [1.82, 2.24) is 15.2 Å². The molecule has 1 unspecified atom stereocenters. The number of nitrogens with one attached hydrogen (secondary N) is 2. The van der Waals surface area contributed by atoms with E-state index in [1.165, 1.54) is 11.1 Å². The number of ether oxygens (including phenoxy) is 4. The summed E-state index contributed by atoms with van der Waals surface area (Å²) in [6, 6.07) is 13.6. The van der Waals surface area contributed by atoms with Crippen molar-refractivity contribution in [3.63, 3.8) is 0 Å². The minimum atomic E-state index is -0.239. The first kappa shape index (κ1) is 23.7. The highest BCUT2D eigenvalue weighted by molar-refractivity contribution is 5.89. The first-order valence-corrected chi connectivity index (χ1v) is 12.0. The molecule has 1 atom stereocenters. The molecule has 3 aromatic rings. The lowest BCUT2D eigenvalue weighted by molar-refractivity contribution is 0.173. The van der Waals surface area contributed by atoms with Crippen molar-refractivity contribution < 1.29 is 23.7 Å². The van der Waals surface area contributed by atoms with E-state index in [0.717, 1.165) is 42.2 Å². The SMILES string of the molecule is COc1cc2c(cc1OC)C(Cc1ccc3c(c1)OCO3)N(CCNC(=O)Nc1ccncc1)CC2. The first-order valence-electron chi connectivity index (χ1n) is 12.0. The number of anilines is 1. The highest BCUT2D eigenvalue weighted by atomic mass is 16.7. The summed E-state index contributed by atoms with van der Waals surface area (Å²) >= 11 is 0. The Morgan fingerprint density at radius 2 is 1.83 bits per heavy atom. The molecule has 0 bridgehead atoms. The minimum absolute atomic E-state index is 0.0963. The summed E-state index contributed by atoms with van der Waals surface area (Å²) in [6.45, 7) is 2.33. The third kappa shape index (κ3) is 5.16. The highest BCUT2D eigenvalue weighted by Crippen LogP contribution is 2.40. The van der Waals surface area contributed by atoms with Crippen molar-refractivity contribution in [3.05, 3.63) is 71.5 Å². The highest BCUT2D eigenvalue weighted by Gasteiger charge is 2.29. The van der Waals surface area contributed by atoms with Gasteiger partial charge in [0.2, 0.25) is 6.79 Å². The molecule has 0 spiro atoms. The number of hydrogen-bond acceptors (Lipinski definition) is 7. The molecule has 3 heterocycles. The molecule has 36 heavy (non-hydrogen) atoms. The van der Waals surface area contributed by atoms with Gasteiger partial charge in [0.05, 0.1) is 14.2 Å². The number of fused-ring (bicyclic) bond motifs is 2. The molecular weight excluding hydrogens is 460 g/mol. The quantitative estimate of drug-likeness (QED) is 0.496. The molecule has 9 nitrogen and oxygen atoms in total. The van der Waals surface area contributed by atoms with E-state index in [0.29, 0.717) is 24.5 Å². The summed E-state index contributed by atoms with van der Waals surface area (Å²) in [5.41, 5.74) is 4.31. The second-order valence-electron chi connectivity index (χ2n) is 8.72. The number of aromatic nitrogens is 1.